The number of aromatic nitrogens is 1. The summed E-state index contributed by atoms with van der Waals surface area (Å²) >= 11 is 1.52. The quantitative estimate of drug-likeness (QED) is 0.323. The standard InChI is InChI=1S/C26H20N2O2S/c29-25(24(19-10-3-1-4-11-19)20-12-5-2-6-13-20)28(18-21-14-9-17-30-21)26-27-22-15-7-8-16-23(22)31-26/h1-17,24H,18H2. The SMILES string of the molecule is O=C(C(c1ccccc1)c1ccccc1)N(Cc1ccco1)c1nc2ccccc2s1. The van der Waals surface area contributed by atoms with E-state index in [0.717, 1.165) is 21.3 Å². The zero-order valence-electron chi connectivity index (χ0n) is 16.7. The van der Waals surface area contributed by atoms with Crippen molar-refractivity contribution < 1.29 is 9.21 Å². The van der Waals surface area contributed by atoms with Gasteiger partial charge in [0.25, 0.3) is 0 Å². The van der Waals surface area contributed by atoms with Gasteiger partial charge in [-0.15, -0.1) is 0 Å². The zero-order valence-corrected chi connectivity index (χ0v) is 17.5. The van der Waals surface area contributed by atoms with Crippen LogP contribution in [0.2, 0.25) is 0 Å². The summed E-state index contributed by atoms with van der Waals surface area (Å²) in [6.45, 7) is 0.321. The average molecular weight is 425 g/mol. The molecule has 0 radical (unpaired) electrons. The minimum absolute atomic E-state index is 0.0344. The molecule has 31 heavy (non-hydrogen) atoms. The molecule has 0 saturated heterocycles. The molecule has 1 amide bonds. The fourth-order valence-corrected chi connectivity index (χ4v) is 4.67. The van der Waals surface area contributed by atoms with Gasteiger partial charge < -0.3 is 4.42 Å². The maximum absolute atomic E-state index is 14.1. The summed E-state index contributed by atoms with van der Waals surface area (Å²) in [5.74, 6) is 0.240. The van der Waals surface area contributed by atoms with Gasteiger partial charge in [0, 0.05) is 0 Å². The summed E-state index contributed by atoms with van der Waals surface area (Å²) in [7, 11) is 0. The molecule has 0 aliphatic heterocycles. The third-order valence-corrected chi connectivity index (χ3v) is 6.25. The Labute approximate surface area is 184 Å². The topological polar surface area (TPSA) is 46.3 Å². The van der Waals surface area contributed by atoms with Crippen LogP contribution >= 0.6 is 11.3 Å². The first-order valence-corrected chi connectivity index (χ1v) is 10.9. The van der Waals surface area contributed by atoms with Gasteiger partial charge in [0.05, 0.1) is 28.9 Å². The lowest BCUT2D eigenvalue weighted by Crippen LogP contribution is -2.35. The van der Waals surface area contributed by atoms with E-state index in [9.17, 15) is 4.79 Å². The molecule has 5 rings (SSSR count). The molecule has 0 bridgehead atoms. The van der Waals surface area contributed by atoms with Crippen molar-refractivity contribution >= 4 is 32.6 Å². The predicted octanol–water partition coefficient (Wildman–Crippen LogP) is 6.25. The summed E-state index contributed by atoms with van der Waals surface area (Å²) in [6.07, 6.45) is 1.63. The molecule has 0 N–H and O–H groups in total. The first-order valence-electron chi connectivity index (χ1n) is 10.1. The number of amides is 1. The van der Waals surface area contributed by atoms with Gasteiger partial charge in [0.15, 0.2) is 5.13 Å². The average Bonchev–Trinajstić information content (AvgIpc) is 3.48. The molecule has 0 fully saturated rings. The lowest BCUT2D eigenvalue weighted by molar-refractivity contribution is -0.119. The van der Waals surface area contributed by atoms with E-state index in [2.05, 4.69) is 0 Å². The molecule has 152 valence electrons. The fraction of sp³-hybridized carbons (Fsp3) is 0.0769. The van der Waals surface area contributed by atoms with E-state index in [0.29, 0.717) is 17.4 Å². The Morgan fingerprint density at radius 1 is 0.839 bits per heavy atom. The third kappa shape index (κ3) is 4.00. The highest BCUT2D eigenvalue weighted by Gasteiger charge is 2.30. The molecule has 2 aromatic heterocycles. The number of furan rings is 1. The zero-order chi connectivity index (χ0) is 21.0. The van der Waals surface area contributed by atoms with Crippen LogP contribution in [-0.2, 0) is 11.3 Å². The van der Waals surface area contributed by atoms with Crippen molar-refractivity contribution in [2.24, 2.45) is 0 Å². The Morgan fingerprint density at radius 2 is 1.48 bits per heavy atom. The second-order valence-electron chi connectivity index (χ2n) is 7.22. The van der Waals surface area contributed by atoms with Crippen molar-refractivity contribution in [1.29, 1.82) is 0 Å². The van der Waals surface area contributed by atoms with Crippen LogP contribution < -0.4 is 4.90 Å². The first-order chi connectivity index (χ1) is 15.3. The van der Waals surface area contributed by atoms with Gasteiger partial charge in [0.2, 0.25) is 5.91 Å². The fourth-order valence-electron chi connectivity index (χ4n) is 3.70. The molecule has 0 atom stereocenters. The summed E-state index contributed by atoms with van der Waals surface area (Å²) in [6, 6.07) is 31.4. The van der Waals surface area contributed by atoms with Crippen molar-refractivity contribution in [1.82, 2.24) is 4.98 Å². The van der Waals surface area contributed by atoms with E-state index in [4.69, 9.17) is 9.40 Å². The lowest BCUT2D eigenvalue weighted by Gasteiger charge is -2.25. The highest BCUT2D eigenvalue weighted by atomic mass is 32.1. The van der Waals surface area contributed by atoms with Crippen molar-refractivity contribution in [2.45, 2.75) is 12.5 Å². The minimum Gasteiger partial charge on any atom is -0.467 e. The molecule has 5 heteroatoms. The van der Waals surface area contributed by atoms with E-state index in [1.54, 1.807) is 11.2 Å². The Bertz CT molecular complexity index is 1210. The number of hydrogen-bond acceptors (Lipinski definition) is 4. The number of para-hydroxylation sites is 1. The first kappa shape index (κ1) is 19.3. The van der Waals surface area contributed by atoms with E-state index < -0.39 is 5.92 Å². The molecule has 3 aromatic carbocycles. The number of hydrogen-bond donors (Lipinski definition) is 0. The van der Waals surface area contributed by atoms with Crippen LogP contribution in [0.3, 0.4) is 0 Å². The molecular formula is C26H20N2O2S. The number of benzene rings is 3. The minimum atomic E-state index is -0.440. The number of rotatable bonds is 6. The molecular weight excluding hydrogens is 404 g/mol. The third-order valence-electron chi connectivity index (χ3n) is 5.19. The number of nitrogens with zero attached hydrogens (tertiary/aromatic N) is 2. The molecule has 5 aromatic rings. The van der Waals surface area contributed by atoms with Crippen LogP contribution in [0.4, 0.5) is 5.13 Å². The van der Waals surface area contributed by atoms with Crippen LogP contribution in [0, 0.1) is 0 Å². The smallest absolute Gasteiger partial charge is 0.241 e. The monoisotopic (exact) mass is 424 g/mol. The van der Waals surface area contributed by atoms with E-state index in [1.165, 1.54) is 11.3 Å². The molecule has 0 aliphatic rings. The lowest BCUT2D eigenvalue weighted by atomic mass is 9.90. The van der Waals surface area contributed by atoms with Gasteiger partial charge in [-0.2, -0.15) is 0 Å². The summed E-state index contributed by atoms with van der Waals surface area (Å²) in [5.41, 5.74) is 2.78. The van der Waals surface area contributed by atoms with Gasteiger partial charge in [-0.05, 0) is 35.4 Å². The highest BCUT2D eigenvalue weighted by molar-refractivity contribution is 7.22. The molecule has 0 unspecified atom stereocenters. The Balaban J connectivity index is 1.61. The second-order valence-corrected chi connectivity index (χ2v) is 8.23. The molecule has 0 saturated carbocycles. The second kappa shape index (κ2) is 8.58. The Kier molecular flexibility index (Phi) is 5.33. The van der Waals surface area contributed by atoms with Crippen LogP contribution in [0.15, 0.2) is 108 Å². The van der Waals surface area contributed by atoms with Gasteiger partial charge in [-0.1, -0.05) is 84.1 Å². The maximum Gasteiger partial charge on any atom is 0.241 e. The van der Waals surface area contributed by atoms with Crippen LogP contribution in [0.1, 0.15) is 22.8 Å². The molecule has 0 spiro atoms. The maximum atomic E-state index is 14.1. The van der Waals surface area contributed by atoms with E-state index in [1.807, 2.05) is 97.1 Å². The van der Waals surface area contributed by atoms with Crippen molar-refractivity contribution in [2.75, 3.05) is 4.90 Å². The number of carbonyl (C=O) groups excluding carboxylic acids is 1. The summed E-state index contributed by atoms with van der Waals surface area (Å²) in [5, 5.41) is 0.666. The summed E-state index contributed by atoms with van der Waals surface area (Å²) < 4.78 is 6.63. The molecule has 0 aliphatic carbocycles. The van der Waals surface area contributed by atoms with E-state index in [-0.39, 0.29) is 5.91 Å². The van der Waals surface area contributed by atoms with Crippen LogP contribution in [0.25, 0.3) is 10.2 Å². The number of fused-ring (bicyclic) bond motifs is 1. The Morgan fingerprint density at radius 3 is 2.10 bits per heavy atom. The van der Waals surface area contributed by atoms with Crippen molar-refractivity contribution in [3.63, 3.8) is 0 Å². The Hall–Kier alpha value is -3.70. The largest absolute Gasteiger partial charge is 0.467 e. The molecule has 2 heterocycles. The summed E-state index contributed by atoms with van der Waals surface area (Å²) in [4.78, 5) is 20.6. The van der Waals surface area contributed by atoms with Gasteiger partial charge in [-0.25, -0.2) is 4.98 Å². The molecule has 4 nitrogen and oxygen atoms in total. The predicted molar refractivity (Wildman–Crippen MR) is 124 cm³/mol. The number of carbonyl (C=O) groups is 1. The number of anilines is 1. The number of thiazole rings is 1. The van der Waals surface area contributed by atoms with Crippen molar-refractivity contribution in [3.8, 4) is 0 Å². The van der Waals surface area contributed by atoms with E-state index >= 15 is 0 Å². The van der Waals surface area contributed by atoms with Crippen LogP contribution in [-0.4, -0.2) is 10.9 Å². The van der Waals surface area contributed by atoms with Gasteiger partial charge in [-0.3, -0.25) is 9.69 Å². The van der Waals surface area contributed by atoms with Crippen molar-refractivity contribution in [3.05, 3.63) is 120 Å². The van der Waals surface area contributed by atoms with Crippen LogP contribution in [0.5, 0.6) is 0 Å². The van der Waals surface area contributed by atoms with Gasteiger partial charge in [0.1, 0.15) is 5.76 Å². The highest BCUT2D eigenvalue weighted by Crippen LogP contribution is 2.34. The van der Waals surface area contributed by atoms with Gasteiger partial charge >= 0.3 is 0 Å². The normalized spacial score (nSPS) is 11.1.